The molecule has 104 valence electrons. The van der Waals surface area contributed by atoms with Crippen LogP contribution in [0.25, 0.3) is 5.82 Å². The molecule has 21 heavy (non-hydrogen) atoms. The van der Waals surface area contributed by atoms with Gasteiger partial charge in [0.1, 0.15) is 23.0 Å². The van der Waals surface area contributed by atoms with E-state index in [2.05, 4.69) is 25.3 Å². The van der Waals surface area contributed by atoms with Crippen molar-refractivity contribution in [1.82, 2.24) is 24.5 Å². The van der Waals surface area contributed by atoms with Crippen molar-refractivity contribution in [2.45, 2.75) is 0 Å². The van der Waals surface area contributed by atoms with Crippen molar-refractivity contribution in [2.24, 2.45) is 0 Å². The van der Waals surface area contributed by atoms with E-state index in [0.717, 1.165) is 0 Å². The number of halogens is 1. The molecule has 0 fully saturated rings. The Balaban J connectivity index is 1.73. The summed E-state index contributed by atoms with van der Waals surface area (Å²) in [5.41, 5.74) is 0.735. The van der Waals surface area contributed by atoms with Crippen LogP contribution in [-0.4, -0.2) is 30.4 Å². The van der Waals surface area contributed by atoms with Gasteiger partial charge in [0.15, 0.2) is 0 Å². The van der Waals surface area contributed by atoms with Gasteiger partial charge in [0.05, 0.1) is 24.3 Å². The number of nitrogens with zero attached hydrogens (tertiary/aromatic N) is 5. The van der Waals surface area contributed by atoms with Gasteiger partial charge < -0.3 is 5.32 Å². The molecule has 8 heteroatoms. The minimum Gasteiger partial charge on any atom is -0.319 e. The molecule has 0 aromatic carbocycles. The SMILES string of the molecule is O=C(Nc1ccc(-n2ccnc2)nc1)c1cnc(Cl)cn1. The zero-order valence-electron chi connectivity index (χ0n) is 10.6. The molecule has 0 aliphatic carbocycles. The van der Waals surface area contributed by atoms with Crippen LogP contribution >= 0.6 is 11.6 Å². The largest absolute Gasteiger partial charge is 0.319 e. The molecule has 0 unspecified atom stereocenters. The van der Waals surface area contributed by atoms with Crippen LogP contribution in [0, 0.1) is 0 Å². The highest BCUT2D eigenvalue weighted by atomic mass is 35.5. The van der Waals surface area contributed by atoms with Crippen LogP contribution in [0.2, 0.25) is 5.15 Å². The first kappa shape index (κ1) is 13.2. The summed E-state index contributed by atoms with van der Waals surface area (Å²) in [6.07, 6.45) is 9.27. The van der Waals surface area contributed by atoms with Gasteiger partial charge in [-0.1, -0.05) is 11.6 Å². The van der Waals surface area contributed by atoms with Gasteiger partial charge in [0.2, 0.25) is 0 Å². The van der Waals surface area contributed by atoms with Crippen molar-refractivity contribution < 1.29 is 4.79 Å². The van der Waals surface area contributed by atoms with Crippen LogP contribution in [0.3, 0.4) is 0 Å². The van der Waals surface area contributed by atoms with Gasteiger partial charge in [-0.05, 0) is 12.1 Å². The molecule has 0 aliphatic rings. The third-order valence-corrected chi connectivity index (χ3v) is 2.82. The van der Waals surface area contributed by atoms with Crippen LogP contribution in [-0.2, 0) is 0 Å². The number of hydrogen-bond donors (Lipinski definition) is 1. The number of hydrogen-bond acceptors (Lipinski definition) is 5. The number of carbonyl (C=O) groups excluding carboxylic acids is 1. The van der Waals surface area contributed by atoms with Crippen LogP contribution < -0.4 is 5.32 Å². The normalized spacial score (nSPS) is 10.3. The third kappa shape index (κ3) is 3.03. The quantitative estimate of drug-likeness (QED) is 0.799. The molecule has 7 nitrogen and oxygen atoms in total. The van der Waals surface area contributed by atoms with Gasteiger partial charge in [0, 0.05) is 12.4 Å². The Labute approximate surface area is 124 Å². The molecular formula is C13H9ClN6O. The summed E-state index contributed by atoms with van der Waals surface area (Å²) in [6.45, 7) is 0. The molecule has 0 radical (unpaired) electrons. The maximum absolute atomic E-state index is 11.9. The number of imidazole rings is 1. The number of amides is 1. The van der Waals surface area contributed by atoms with Gasteiger partial charge in [-0.3, -0.25) is 9.36 Å². The van der Waals surface area contributed by atoms with Crippen molar-refractivity contribution in [2.75, 3.05) is 5.32 Å². The minimum atomic E-state index is -0.378. The standard InChI is InChI=1S/C13H9ClN6O/c14-11-7-16-10(6-17-11)13(21)19-9-1-2-12(18-5-9)20-4-3-15-8-20/h1-8H,(H,19,21). The maximum atomic E-state index is 11.9. The van der Waals surface area contributed by atoms with Crippen LogP contribution in [0.4, 0.5) is 5.69 Å². The van der Waals surface area contributed by atoms with Crippen molar-refractivity contribution in [1.29, 1.82) is 0 Å². The molecule has 3 rings (SSSR count). The monoisotopic (exact) mass is 300 g/mol. The lowest BCUT2D eigenvalue weighted by Crippen LogP contribution is -2.14. The fraction of sp³-hybridized carbons (Fsp3) is 0. The Hall–Kier alpha value is -2.80. The Kier molecular flexibility index (Phi) is 3.57. The highest BCUT2D eigenvalue weighted by Crippen LogP contribution is 2.11. The predicted molar refractivity (Wildman–Crippen MR) is 76.4 cm³/mol. The van der Waals surface area contributed by atoms with Crippen LogP contribution in [0.15, 0.2) is 49.4 Å². The number of anilines is 1. The predicted octanol–water partition coefficient (Wildman–Crippen LogP) is 1.96. The van der Waals surface area contributed by atoms with Gasteiger partial charge in [0.25, 0.3) is 5.91 Å². The van der Waals surface area contributed by atoms with E-state index in [-0.39, 0.29) is 16.8 Å². The molecular weight excluding hydrogens is 292 g/mol. The number of nitrogens with one attached hydrogen (secondary N) is 1. The molecule has 3 aromatic heterocycles. The lowest BCUT2D eigenvalue weighted by molar-refractivity contribution is 0.102. The number of pyridine rings is 1. The molecule has 1 N–H and O–H groups in total. The lowest BCUT2D eigenvalue weighted by atomic mass is 10.3. The fourth-order valence-electron chi connectivity index (χ4n) is 1.63. The van der Waals surface area contributed by atoms with Crippen molar-refractivity contribution >= 4 is 23.2 Å². The highest BCUT2D eigenvalue weighted by Gasteiger charge is 2.08. The van der Waals surface area contributed by atoms with Gasteiger partial charge in [-0.25, -0.2) is 19.9 Å². The first-order valence-corrected chi connectivity index (χ1v) is 6.33. The first-order chi connectivity index (χ1) is 10.2. The second-order valence-electron chi connectivity index (χ2n) is 4.05. The van der Waals surface area contributed by atoms with E-state index in [9.17, 15) is 4.79 Å². The van der Waals surface area contributed by atoms with Crippen molar-refractivity contribution in [3.8, 4) is 5.82 Å². The summed E-state index contributed by atoms with van der Waals surface area (Å²) in [4.78, 5) is 27.8. The average Bonchev–Trinajstić information content (AvgIpc) is 3.03. The fourth-order valence-corrected chi connectivity index (χ4v) is 1.73. The van der Waals surface area contributed by atoms with E-state index >= 15 is 0 Å². The third-order valence-electron chi connectivity index (χ3n) is 2.63. The van der Waals surface area contributed by atoms with Crippen LogP contribution in [0.1, 0.15) is 10.5 Å². The van der Waals surface area contributed by atoms with Gasteiger partial charge in [-0.2, -0.15) is 0 Å². The van der Waals surface area contributed by atoms with Gasteiger partial charge >= 0.3 is 0 Å². The number of aromatic nitrogens is 5. The van der Waals surface area contributed by atoms with E-state index < -0.39 is 0 Å². The Morgan fingerprint density at radius 1 is 1.14 bits per heavy atom. The lowest BCUT2D eigenvalue weighted by Gasteiger charge is -2.05. The smallest absolute Gasteiger partial charge is 0.275 e. The summed E-state index contributed by atoms with van der Waals surface area (Å²) < 4.78 is 1.76. The minimum absolute atomic E-state index is 0.179. The molecule has 3 aromatic rings. The average molecular weight is 301 g/mol. The zero-order valence-corrected chi connectivity index (χ0v) is 11.4. The summed E-state index contributed by atoms with van der Waals surface area (Å²) in [5, 5.41) is 2.91. The van der Waals surface area contributed by atoms with Crippen molar-refractivity contribution in [3.63, 3.8) is 0 Å². The molecule has 0 bridgehead atoms. The maximum Gasteiger partial charge on any atom is 0.275 e. The zero-order chi connectivity index (χ0) is 14.7. The van der Waals surface area contributed by atoms with Gasteiger partial charge in [-0.15, -0.1) is 0 Å². The van der Waals surface area contributed by atoms with E-state index in [4.69, 9.17) is 11.6 Å². The second kappa shape index (κ2) is 5.68. The first-order valence-electron chi connectivity index (χ1n) is 5.95. The molecule has 3 heterocycles. The molecule has 0 saturated carbocycles. The second-order valence-corrected chi connectivity index (χ2v) is 4.44. The summed E-state index contributed by atoms with van der Waals surface area (Å²) in [5.74, 6) is 0.327. The van der Waals surface area contributed by atoms with Crippen molar-refractivity contribution in [3.05, 3.63) is 60.3 Å². The molecule has 0 saturated heterocycles. The Morgan fingerprint density at radius 2 is 2.05 bits per heavy atom. The van der Waals surface area contributed by atoms with E-state index in [1.54, 1.807) is 41.6 Å². The van der Waals surface area contributed by atoms with E-state index in [1.807, 2.05) is 0 Å². The molecule has 0 spiro atoms. The number of rotatable bonds is 3. The molecule has 0 aliphatic heterocycles. The summed E-state index contributed by atoms with van der Waals surface area (Å²) >= 11 is 5.62. The molecule has 0 atom stereocenters. The summed E-state index contributed by atoms with van der Waals surface area (Å²) in [7, 11) is 0. The Bertz CT molecular complexity index is 739. The topological polar surface area (TPSA) is 85.6 Å². The molecule has 1 amide bonds. The van der Waals surface area contributed by atoms with Crippen LogP contribution in [0.5, 0.6) is 0 Å². The van der Waals surface area contributed by atoms with E-state index in [1.165, 1.54) is 12.4 Å². The van der Waals surface area contributed by atoms with E-state index in [0.29, 0.717) is 11.5 Å². The Morgan fingerprint density at radius 3 is 2.67 bits per heavy atom. The number of carbonyl (C=O) groups is 1. The summed E-state index contributed by atoms with van der Waals surface area (Å²) in [6, 6.07) is 3.51. The highest BCUT2D eigenvalue weighted by molar-refractivity contribution is 6.29.